The molecule has 0 aromatic heterocycles. The van der Waals surface area contributed by atoms with Crippen LogP contribution in [0.2, 0.25) is 0 Å². The van der Waals surface area contributed by atoms with E-state index >= 15 is 0 Å². The zero-order valence-electron chi connectivity index (χ0n) is 59.6. The molecule has 0 aliphatic carbocycles. The third-order valence-corrected chi connectivity index (χ3v) is 16.4. The second-order valence-corrected chi connectivity index (χ2v) is 24.7. The summed E-state index contributed by atoms with van der Waals surface area (Å²) < 4.78 is 128. The minimum Gasteiger partial charge on any atom is -0.385 e. The maximum absolute atomic E-state index is 12.8. The van der Waals surface area contributed by atoms with Gasteiger partial charge in [0.25, 0.3) is 0 Å². The van der Waals surface area contributed by atoms with Crippen LogP contribution in [0.5, 0.6) is 0 Å². The highest BCUT2D eigenvalue weighted by Crippen LogP contribution is 2.35. The van der Waals surface area contributed by atoms with E-state index in [1.165, 1.54) is 0 Å². The monoisotopic (exact) mass is 1320 g/mol. The maximum Gasteiger partial charge on any atom is 0.187 e. The highest BCUT2D eigenvalue weighted by atomic mass is 16.8. The molecule has 3 heterocycles. The molecule has 21 heteroatoms. The lowest BCUT2D eigenvalue weighted by Crippen LogP contribution is -2.64. The summed E-state index contributed by atoms with van der Waals surface area (Å²) in [5.74, 6) is 0. The van der Waals surface area contributed by atoms with Gasteiger partial charge in [0.1, 0.15) is 85.5 Å². The predicted octanol–water partition coefficient (Wildman–Crippen LogP) is 11.8. The minimum atomic E-state index is -1.39. The van der Waals surface area contributed by atoms with Gasteiger partial charge in [-0.1, -0.05) is 153 Å². The van der Waals surface area contributed by atoms with Crippen LogP contribution in [0.1, 0.15) is 217 Å². The van der Waals surface area contributed by atoms with Crippen LogP contribution in [0.15, 0.2) is 12.7 Å². The molecular weight excluding hydrogens is 1190 g/mol. The summed E-state index contributed by atoms with van der Waals surface area (Å²) in [6, 6.07) is 0. The Balaban J connectivity index is 2.39. The Morgan fingerprint density at radius 2 is 0.652 bits per heavy atom. The van der Waals surface area contributed by atoms with E-state index in [4.69, 9.17) is 90.0 Å². The largest absolute Gasteiger partial charge is 0.385 e. The summed E-state index contributed by atoms with van der Waals surface area (Å²) in [4.78, 5) is 0. The molecule has 3 aliphatic rings. The van der Waals surface area contributed by atoms with Crippen molar-refractivity contribution in [2.24, 2.45) is 0 Å². The first-order valence-corrected chi connectivity index (χ1v) is 36.8. The Bertz CT molecular complexity index is 1660. The molecule has 3 saturated heterocycles. The van der Waals surface area contributed by atoms with E-state index in [1.807, 2.05) is 0 Å². The van der Waals surface area contributed by atoms with Crippen LogP contribution in [-0.2, 0) is 90.0 Å². The number of hydrogen-bond donors (Lipinski definition) is 2. The van der Waals surface area contributed by atoms with Crippen molar-refractivity contribution in [3.05, 3.63) is 12.7 Å². The maximum atomic E-state index is 12.8. The van der Waals surface area contributed by atoms with Crippen LogP contribution in [-0.4, -0.2) is 240 Å². The van der Waals surface area contributed by atoms with Crippen LogP contribution >= 0.6 is 0 Å². The molecule has 10 unspecified atom stereocenters. The second-order valence-electron chi connectivity index (χ2n) is 24.7. The predicted molar refractivity (Wildman–Crippen MR) is 355 cm³/mol. The molecule has 18 atom stereocenters. The minimum absolute atomic E-state index is 0.0284. The Morgan fingerprint density at radius 3 is 1.07 bits per heavy atom. The van der Waals surface area contributed by atoms with Gasteiger partial charge in [-0.25, -0.2) is 0 Å². The number of hydrogen-bond acceptors (Lipinski definition) is 21. The lowest BCUT2D eigenvalue weighted by Gasteiger charge is -2.47. The zero-order chi connectivity index (χ0) is 66.8. The average molecular weight is 1330 g/mol. The smallest absolute Gasteiger partial charge is 0.187 e. The van der Waals surface area contributed by atoms with E-state index < -0.39 is 111 Å². The number of aliphatic hydroxyl groups is 2. The number of ether oxygens (including phenoxy) is 19. The molecule has 0 aromatic carbocycles. The fourth-order valence-electron chi connectivity index (χ4n) is 10.6. The van der Waals surface area contributed by atoms with E-state index in [9.17, 15) is 10.2 Å². The van der Waals surface area contributed by atoms with Gasteiger partial charge in [-0.05, 0) is 70.6 Å². The van der Waals surface area contributed by atoms with Crippen molar-refractivity contribution in [2.45, 2.75) is 328 Å². The van der Waals surface area contributed by atoms with Crippen molar-refractivity contribution in [2.75, 3.05) is 119 Å². The van der Waals surface area contributed by atoms with Crippen molar-refractivity contribution in [1.82, 2.24) is 0 Å². The standard InChI is InChI=1S/C71H136O21/c1-13-25-37-74-48-56-62(79-41-29-17-5)65(82-44-32-20-8)60(72)69(90-56)86-51-54(88-59(78-36-24-12)53-77-40-28-16-4)55(89-70-61(73)66(83-45-33-21-9)63(80-42-30-18-6)57(91-70)49-75-38-26-14-2)52-87-71-68(85-47-35-23-11)67(84-46-34-22-10)64(81-43-31-19-7)58(92-71)50-76-39-27-15-3/h24,54-73H,12-23,25-53H2,1-11H3/t54?,55-,56?,57?,58?,59-,60?,61?,62+,63+,64+,65?,66?,67?,68?,69+,70+,71+/m0/s1. The Labute approximate surface area is 557 Å². The molecular formula is C71H136O21. The lowest BCUT2D eigenvalue weighted by molar-refractivity contribution is -0.357. The van der Waals surface area contributed by atoms with Crippen molar-refractivity contribution in [3.8, 4) is 0 Å². The Morgan fingerprint density at radius 1 is 0.337 bits per heavy atom. The fraction of sp³-hybridized carbons (Fsp3) is 0.972. The average Bonchev–Trinajstić information content (AvgIpc) is 0.883. The van der Waals surface area contributed by atoms with Gasteiger partial charge in [0.15, 0.2) is 25.2 Å². The normalized spacial score (nSPS) is 28.0. The molecule has 0 radical (unpaired) electrons. The quantitative estimate of drug-likeness (QED) is 0.0329. The molecule has 3 fully saturated rings. The van der Waals surface area contributed by atoms with Gasteiger partial charge in [0.05, 0.1) is 46.2 Å². The fourth-order valence-corrected chi connectivity index (χ4v) is 10.6. The third-order valence-electron chi connectivity index (χ3n) is 16.4. The highest BCUT2D eigenvalue weighted by molar-refractivity contribution is 4.96. The molecule has 92 heavy (non-hydrogen) atoms. The van der Waals surface area contributed by atoms with Crippen LogP contribution in [0.3, 0.4) is 0 Å². The highest BCUT2D eigenvalue weighted by Gasteiger charge is 2.53. The van der Waals surface area contributed by atoms with Crippen molar-refractivity contribution < 1.29 is 100 Å². The summed E-state index contributed by atoms with van der Waals surface area (Å²) >= 11 is 0. The molecule has 0 saturated carbocycles. The summed E-state index contributed by atoms with van der Waals surface area (Å²) in [6.45, 7) is 32.4. The number of aliphatic hydroxyl groups excluding tert-OH is 2. The van der Waals surface area contributed by atoms with E-state index in [1.54, 1.807) is 6.08 Å². The summed E-state index contributed by atoms with van der Waals surface area (Å²) in [6.07, 6.45) is 3.92. The molecule has 0 spiro atoms. The number of rotatable bonds is 62. The Kier molecular flexibility index (Phi) is 51.6. The van der Waals surface area contributed by atoms with Gasteiger partial charge in [-0.3, -0.25) is 0 Å². The zero-order valence-corrected chi connectivity index (χ0v) is 59.6. The van der Waals surface area contributed by atoms with E-state index in [2.05, 4.69) is 82.7 Å². The first-order valence-electron chi connectivity index (χ1n) is 36.8. The summed E-state index contributed by atoms with van der Waals surface area (Å²) in [5, 5.41) is 25.4. The van der Waals surface area contributed by atoms with E-state index in [0.29, 0.717) is 72.7 Å². The van der Waals surface area contributed by atoms with E-state index in [0.717, 1.165) is 141 Å². The SMILES string of the molecule is C=CCO[C@H](COCCCC)OC(CO[C@@H]1OC(COCCCC)[C@@H](OCCCC)C(OCCCC)C1O)[C@H](CO[C@@H]1OC(COCCCC)[C@@H](OCCCC)C(OCCCC)C1OCCCC)O[C@@H]1OC(COCCCC)[C@@H](OCCCC)C(OCCCC)C1O. The van der Waals surface area contributed by atoms with E-state index in [-0.39, 0.29) is 46.2 Å². The molecule has 0 aromatic rings. The molecule has 2 N–H and O–H groups in total. The topological polar surface area (TPSA) is 216 Å². The van der Waals surface area contributed by atoms with Gasteiger partial charge >= 0.3 is 0 Å². The van der Waals surface area contributed by atoms with Crippen LogP contribution in [0, 0.1) is 0 Å². The van der Waals surface area contributed by atoms with Gasteiger partial charge < -0.3 is 100 Å². The first kappa shape index (κ1) is 85.1. The van der Waals surface area contributed by atoms with Crippen LogP contribution in [0.25, 0.3) is 0 Å². The van der Waals surface area contributed by atoms with Crippen LogP contribution in [0.4, 0.5) is 0 Å². The molecule has 0 bridgehead atoms. The number of unbranched alkanes of at least 4 members (excludes halogenated alkanes) is 11. The van der Waals surface area contributed by atoms with Crippen molar-refractivity contribution >= 4 is 0 Å². The molecule has 546 valence electrons. The van der Waals surface area contributed by atoms with Gasteiger partial charge in [-0.15, -0.1) is 6.58 Å². The second kappa shape index (κ2) is 55.7. The van der Waals surface area contributed by atoms with Crippen molar-refractivity contribution in [1.29, 1.82) is 0 Å². The first-order chi connectivity index (χ1) is 45.1. The lowest BCUT2D eigenvalue weighted by atomic mass is 9.97. The van der Waals surface area contributed by atoms with Gasteiger partial charge in [0.2, 0.25) is 0 Å². The van der Waals surface area contributed by atoms with Gasteiger partial charge in [0, 0.05) is 72.7 Å². The molecule has 0 amide bonds. The van der Waals surface area contributed by atoms with Crippen LogP contribution < -0.4 is 0 Å². The van der Waals surface area contributed by atoms with Crippen molar-refractivity contribution in [3.63, 3.8) is 0 Å². The summed E-state index contributed by atoms with van der Waals surface area (Å²) in [7, 11) is 0. The Hall–Kier alpha value is -1.10. The molecule has 3 rings (SSSR count). The van der Waals surface area contributed by atoms with Gasteiger partial charge in [-0.2, -0.15) is 0 Å². The molecule has 3 aliphatic heterocycles. The third kappa shape index (κ3) is 33.2. The summed E-state index contributed by atoms with van der Waals surface area (Å²) in [5.41, 5.74) is 0. The molecule has 21 nitrogen and oxygen atoms in total.